The van der Waals surface area contributed by atoms with E-state index in [2.05, 4.69) is 20.8 Å². The lowest BCUT2D eigenvalue weighted by molar-refractivity contribution is -0.169. The van der Waals surface area contributed by atoms with E-state index in [1.54, 1.807) is 0 Å². The van der Waals surface area contributed by atoms with E-state index in [1.165, 1.54) is 19.3 Å². The third-order valence-electron chi connectivity index (χ3n) is 4.46. The topological polar surface area (TPSA) is 26.3 Å². The van der Waals surface area contributed by atoms with Crippen LogP contribution in [-0.4, -0.2) is 18.5 Å². The molecule has 0 aromatic carbocycles. The Morgan fingerprint density at radius 2 is 1.88 bits per heavy atom. The Kier molecular flexibility index (Phi) is 3.63. The first-order valence-corrected chi connectivity index (χ1v) is 7.09. The molecule has 2 nitrogen and oxygen atoms in total. The lowest BCUT2D eigenvalue weighted by Gasteiger charge is -2.49. The summed E-state index contributed by atoms with van der Waals surface area (Å²) in [5.74, 6) is 0.470. The molecule has 1 spiro atoms. The summed E-state index contributed by atoms with van der Waals surface area (Å²) in [7, 11) is 0. The van der Waals surface area contributed by atoms with Crippen molar-refractivity contribution in [3.63, 3.8) is 0 Å². The molecule has 0 aromatic rings. The summed E-state index contributed by atoms with van der Waals surface area (Å²) in [6.45, 7) is 7.51. The summed E-state index contributed by atoms with van der Waals surface area (Å²) >= 11 is 0. The molecule has 2 fully saturated rings. The first-order valence-electron chi connectivity index (χ1n) is 7.09. The maximum absolute atomic E-state index is 11.9. The van der Waals surface area contributed by atoms with E-state index < -0.39 is 0 Å². The smallest absolute Gasteiger partial charge is 0.144 e. The van der Waals surface area contributed by atoms with E-state index in [9.17, 15) is 4.79 Å². The standard InChI is InChI=1S/C15H26O2/c1-14(2,3)9-10-17-13-11-12(16)15(13)7-5-4-6-8-15/h13H,4-11H2,1-3H3. The van der Waals surface area contributed by atoms with Crippen molar-refractivity contribution in [1.29, 1.82) is 0 Å². The van der Waals surface area contributed by atoms with Gasteiger partial charge in [0.05, 0.1) is 11.5 Å². The average Bonchev–Trinajstić information content (AvgIpc) is 2.28. The Balaban J connectivity index is 1.83. The molecule has 0 aromatic heterocycles. The van der Waals surface area contributed by atoms with Gasteiger partial charge in [-0.05, 0) is 24.7 Å². The number of ether oxygens (including phenoxy) is 1. The Hall–Kier alpha value is -0.370. The zero-order chi connectivity index (χ0) is 12.5. The van der Waals surface area contributed by atoms with Gasteiger partial charge in [-0.15, -0.1) is 0 Å². The minimum atomic E-state index is -0.0594. The Bertz CT molecular complexity index is 282. The van der Waals surface area contributed by atoms with Gasteiger partial charge in [-0.2, -0.15) is 0 Å². The van der Waals surface area contributed by atoms with Crippen LogP contribution in [0.15, 0.2) is 0 Å². The molecule has 0 amide bonds. The second-order valence-corrected chi connectivity index (χ2v) is 7.01. The van der Waals surface area contributed by atoms with Crippen molar-refractivity contribution in [2.45, 2.75) is 71.8 Å². The van der Waals surface area contributed by atoms with Crippen LogP contribution in [0, 0.1) is 10.8 Å². The Labute approximate surface area is 105 Å². The van der Waals surface area contributed by atoms with Gasteiger partial charge in [0.1, 0.15) is 5.78 Å². The minimum absolute atomic E-state index is 0.0594. The zero-order valence-corrected chi connectivity index (χ0v) is 11.6. The molecular formula is C15H26O2. The van der Waals surface area contributed by atoms with E-state index in [0.717, 1.165) is 25.9 Å². The maximum Gasteiger partial charge on any atom is 0.144 e. The number of ketones is 1. The fourth-order valence-electron chi connectivity index (χ4n) is 3.12. The summed E-state index contributed by atoms with van der Waals surface area (Å²) in [6.07, 6.45) is 7.85. The molecule has 2 aliphatic carbocycles. The molecule has 0 aliphatic heterocycles. The van der Waals surface area contributed by atoms with Crippen LogP contribution in [0.2, 0.25) is 0 Å². The van der Waals surface area contributed by atoms with Crippen LogP contribution in [0.5, 0.6) is 0 Å². The molecule has 0 saturated heterocycles. The highest BCUT2D eigenvalue weighted by molar-refractivity contribution is 5.92. The number of carbonyl (C=O) groups is 1. The van der Waals surface area contributed by atoms with Gasteiger partial charge in [-0.25, -0.2) is 0 Å². The van der Waals surface area contributed by atoms with E-state index in [4.69, 9.17) is 4.74 Å². The van der Waals surface area contributed by atoms with E-state index >= 15 is 0 Å². The molecule has 0 radical (unpaired) electrons. The molecule has 2 rings (SSSR count). The van der Waals surface area contributed by atoms with Crippen molar-refractivity contribution < 1.29 is 9.53 Å². The SMILES string of the molecule is CC(C)(C)CCOC1CC(=O)C12CCCCC2. The molecule has 2 saturated carbocycles. The van der Waals surface area contributed by atoms with Gasteiger partial charge < -0.3 is 4.74 Å². The first kappa shape index (κ1) is 13.1. The van der Waals surface area contributed by atoms with E-state index in [-0.39, 0.29) is 11.5 Å². The van der Waals surface area contributed by atoms with E-state index in [1.807, 2.05) is 0 Å². The van der Waals surface area contributed by atoms with Crippen molar-refractivity contribution in [2.24, 2.45) is 10.8 Å². The lowest BCUT2D eigenvalue weighted by Crippen LogP contribution is -2.56. The van der Waals surface area contributed by atoms with Crippen LogP contribution >= 0.6 is 0 Å². The number of carbonyl (C=O) groups excluding carboxylic acids is 1. The van der Waals surface area contributed by atoms with Crippen molar-refractivity contribution >= 4 is 5.78 Å². The molecule has 0 N–H and O–H groups in total. The summed E-state index contributed by atoms with van der Waals surface area (Å²) in [5.41, 5.74) is 0.267. The third kappa shape index (κ3) is 2.73. The minimum Gasteiger partial charge on any atom is -0.377 e. The predicted octanol–water partition coefficient (Wildman–Crippen LogP) is 3.73. The molecule has 1 atom stereocenters. The zero-order valence-electron chi connectivity index (χ0n) is 11.6. The van der Waals surface area contributed by atoms with Gasteiger partial charge in [0.2, 0.25) is 0 Å². The van der Waals surface area contributed by atoms with Gasteiger partial charge in [0, 0.05) is 13.0 Å². The molecule has 2 aliphatic rings. The van der Waals surface area contributed by atoms with Gasteiger partial charge in [-0.1, -0.05) is 40.0 Å². The van der Waals surface area contributed by atoms with Crippen LogP contribution in [0.25, 0.3) is 0 Å². The largest absolute Gasteiger partial charge is 0.377 e. The number of rotatable bonds is 3. The molecule has 0 bridgehead atoms. The highest BCUT2D eigenvalue weighted by atomic mass is 16.5. The quantitative estimate of drug-likeness (QED) is 0.749. The van der Waals surface area contributed by atoms with Crippen molar-refractivity contribution in [1.82, 2.24) is 0 Å². The van der Waals surface area contributed by atoms with Crippen LogP contribution in [-0.2, 0) is 9.53 Å². The van der Waals surface area contributed by atoms with Crippen LogP contribution < -0.4 is 0 Å². The Morgan fingerprint density at radius 1 is 1.24 bits per heavy atom. The normalized spacial score (nSPS) is 28.2. The molecule has 98 valence electrons. The summed E-state index contributed by atoms with van der Waals surface area (Å²) in [6, 6.07) is 0. The highest BCUT2D eigenvalue weighted by Crippen LogP contribution is 2.50. The van der Waals surface area contributed by atoms with Gasteiger partial charge in [-0.3, -0.25) is 4.79 Å². The Morgan fingerprint density at radius 3 is 2.41 bits per heavy atom. The van der Waals surface area contributed by atoms with Crippen LogP contribution in [0.1, 0.15) is 65.7 Å². The number of Topliss-reactive ketones (excluding diaryl/α,β-unsaturated/α-hetero) is 1. The summed E-state index contributed by atoms with van der Waals surface area (Å²) in [5, 5.41) is 0. The second-order valence-electron chi connectivity index (χ2n) is 7.01. The summed E-state index contributed by atoms with van der Waals surface area (Å²) < 4.78 is 6.00. The van der Waals surface area contributed by atoms with Crippen molar-refractivity contribution in [2.75, 3.05) is 6.61 Å². The number of hydrogen-bond acceptors (Lipinski definition) is 2. The summed E-state index contributed by atoms with van der Waals surface area (Å²) in [4.78, 5) is 11.9. The molecular weight excluding hydrogens is 212 g/mol. The molecule has 0 heterocycles. The third-order valence-corrected chi connectivity index (χ3v) is 4.46. The lowest BCUT2D eigenvalue weighted by atomic mass is 9.57. The van der Waals surface area contributed by atoms with Gasteiger partial charge >= 0.3 is 0 Å². The van der Waals surface area contributed by atoms with Crippen LogP contribution in [0.3, 0.4) is 0 Å². The fourth-order valence-corrected chi connectivity index (χ4v) is 3.12. The molecule has 2 heteroatoms. The van der Waals surface area contributed by atoms with Gasteiger partial charge in [0.15, 0.2) is 0 Å². The molecule has 1 unspecified atom stereocenters. The predicted molar refractivity (Wildman–Crippen MR) is 69.0 cm³/mol. The molecule has 17 heavy (non-hydrogen) atoms. The van der Waals surface area contributed by atoms with Crippen molar-refractivity contribution in [3.05, 3.63) is 0 Å². The second kappa shape index (κ2) is 4.72. The monoisotopic (exact) mass is 238 g/mol. The first-order chi connectivity index (χ1) is 7.94. The average molecular weight is 238 g/mol. The maximum atomic E-state index is 11.9. The highest BCUT2D eigenvalue weighted by Gasteiger charge is 2.55. The van der Waals surface area contributed by atoms with Crippen molar-refractivity contribution in [3.8, 4) is 0 Å². The van der Waals surface area contributed by atoms with Crippen LogP contribution in [0.4, 0.5) is 0 Å². The fraction of sp³-hybridized carbons (Fsp3) is 0.933. The van der Waals surface area contributed by atoms with Gasteiger partial charge in [0.25, 0.3) is 0 Å². The van der Waals surface area contributed by atoms with E-state index in [0.29, 0.717) is 17.6 Å². The number of hydrogen-bond donors (Lipinski definition) is 0.